The van der Waals surface area contributed by atoms with Crippen molar-refractivity contribution in [3.63, 3.8) is 0 Å². The lowest BCUT2D eigenvalue weighted by molar-refractivity contribution is -0.121. The van der Waals surface area contributed by atoms with E-state index in [-0.39, 0.29) is 11.2 Å². The molecule has 0 saturated heterocycles. The Morgan fingerprint density at radius 3 is 2.59 bits per heavy atom. The number of aromatic nitrogens is 3. The maximum atomic E-state index is 12.7. The standard InChI is InChI=1S/C22H30N4O2S/c1-4-15-26-20(17-11-13-19(28-3)14-12-17)24-25-22(26)29-16(2)21(27)23-18-9-7-5-6-8-10-18/h4,11-14,16,18H,1,5-10,15H2,2-3H3,(H,23,27)/t16-/m0/s1. The summed E-state index contributed by atoms with van der Waals surface area (Å²) in [5.74, 6) is 1.62. The highest BCUT2D eigenvalue weighted by molar-refractivity contribution is 8.00. The summed E-state index contributed by atoms with van der Waals surface area (Å²) in [6.07, 6.45) is 8.92. The fourth-order valence-electron chi connectivity index (χ4n) is 3.58. The number of hydrogen-bond donors (Lipinski definition) is 1. The van der Waals surface area contributed by atoms with E-state index in [4.69, 9.17) is 4.74 Å². The van der Waals surface area contributed by atoms with Crippen LogP contribution in [0.2, 0.25) is 0 Å². The zero-order valence-electron chi connectivity index (χ0n) is 17.3. The Morgan fingerprint density at radius 1 is 1.28 bits per heavy atom. The summed E-state index contributed by atoms with van der Waals surface area (Å²) in [7, 11) is 1.64. The maximum absolute atomic E-state index is 12.7. The molecule has 6 nitrogen and oxygen atoms in total. The number of rotatable bonds is 8. The van der Waals surface area contributed by atoms with Gasteiger partial charge < -0.3 is 10.1 Å². The Hall–Kier alpha value is -2.28. The van der Waals surface area contributed by atoms with Crippen molar-refractivity contribution in [3.8, 4) is 17.1 Å². The van der Waals surface area contributed by atoms with Crippen LogP contribution >= 0.6 is 11.8 Å². The van der Waals surface area contributed by atoms with Crippen LogP contribution in [-0.2, 0) is 11.3 Å². The van der Waals surface area contributed by atoms with Crippen molar-refractivity contribution >= 4 is 17.7 Å². The molecule has 1 aromatic heterocycles. The van der Waals surface area contributed by atoms with Gasteiger partial charge in [0.25, 0.3) is 0 Å². The van der Waals surface area contributed by atoms with Crippen molar-refractivity contribution < 1.29 is 9.53 Å². The monoisotopic (exact) mass is 414 g/mol. The van der Waals surface area contributed by atoms with Crippen LogP contribution in [0.5, 0.6) is 5.75 Å². The molecule has 1 saturated carbocycles. The molecule has 3 rings (SSSR count). The van der Waals surface area contributed by atoms with E-state index in [0.717, 1.165) is 35.1 Å². The van der Waals surface area contributed by atoms with Crippen LogP contribution in [0.4, 0.5) is 0 Å². The zero-order valence-corrected chi connectivity index (χ0v) is 18.1. The first-order valence-electron chi connectivity index (χ1n) is 10.3. The first kappa shape index (κ1) is 21.4. The molecule has 0 radical (unpaired) electrons. The molecule has 0 bridgehead atoms. The summed E-state index contributed by atoms with van der Waals surface area (Å²) in [5, 5.41) is 12.4. The van der Waals surface area contributed by atoms with Crippen molar-refractivity contribution in [2.24, 2.45) is 0 Å². The minimum absolute atomic E-state index is 0.0704. The highest BCUT2D eigenvalue weighted by Gasteiger charge is 2.23. The second kappa shape index (κ2) is 10.5. The fraction of sp³-hybridized carbons (Fsp3) is 0.500. The third-order valence-corrected chi connectivity index (χ3v) is 6.31. The van der Waals surface area contributed by atoms with Gasteiger partial charge in [-0.25, -0.2) is 0 Å². The van der Waals surface area contributed by atoms with E-state index in [1.807, 2.05) is 41.8 Å². The molecule has 1 aromatic carbocycles. The number of thioether (sulfide) groups is 1. The van der Waals surface area contributed by atoms with E-state index in [2.05, 4.69) is 22.1 Å². The van der Waals surface area contributed by atoms with E-state index in [0.29, 0.717) is 12.6 Å². The van der Waals surface area contributed by atoms with Gasteiger partial charge in [0.1, 0.15) is 5.75 Å². The second-order valence-corrected chi connectivity index (χ2v) is 8.70. The number of carbonyl (C=O) groups excluding carboxylic acids is 1. The smallest absolute Gasteiger partial charge is 0.233 e. The Labute approximate surface area is 177 Å². The topological polar surface area (TPSA) is 69.0 Å². The molecule has 1 heterocycles. The number of hydrogen-bond acceptors (Lipinski definition) is 5. The summed E-state index contributed by atoms with van der Waals surface area (Å²) in [4.78, 5) is 12.7. The SMILES string of the molecule is C=CCn1c(S[C@@H](C)C(=O)NC2CCCCCC2)nnc1-c1ccc(OC)cc1. The van der Waals surface area contributed by atoms with E-state index in [1.54, 1.807) is 7.11 Å². The van der Waals surface area contributed by atoms with Gasteiger partial charge in [-0.2, -0.15) is 0 Å². The number of benzene rings is 1. The molecule has 1 N–H and O–H groups in total. The Morgan fingerprint density at radius 2 is 1.97 bits per heavy atom. The number of nitrogens with zero attached hydrogens (tertiary/aromatic N) is 3. The van der Waals surface area contributed by atoms with Gasteiger partial charge >= 0.3 is 0 Å². The number of amides is 1. The van der Waals surface area contributed by atoms with Gasteiger partial charge in [-0.15, -0.1) is 16.8 Å². The highest BCUT2D eigenvalue weighted by atomic mass is 32.2. The molecule has 0 spiro atoms. The molecule has 1 amide bonds. The van der Waals surface area contributed by atoms with Gasteiger partial charge in [-0.05, 0) is 44.0 Å². The van der Waals surface area contributed by atoms with Crippen LogP contribution in [0.3, 0.4) is 0 Å². The summed E-state index contributed by atoms with van der Waals surface area (Å²) in [6, 6.07) is 8.02. The number of carbonyl (C=O) groups is 1. The zero-order chi connectivity index (χ0) is 20.6. The summed E-state index contributed by atoms with van der Waals surface area (Å²) in [6.45, 7) is 6.36. The number of ether oxygens (including phenoxy) is 1. The van der Waals surface area contributed by atoms with Crippen molar-refractivity contribution in [2.75, 3.05) is 7.11 Å². The van der Waals surface area contributed by atoms with Crippen molar-refractivity contribution in [1.29, 1.82) is 0 Å². The lowest BCUT2D eigenvalue weighted by Crippen LogP contribution is -2.39. The maximum Gasteiger partial charge on any atom is 0.233 e. The summed E-state index contributed by atoms with van der Waals surface area (Å²) in [5.41, 5.74) is 0.947. The third kappa shape index (κ3) is 5.63. The molecule has 0 unspecified atom stereocenters. The minimum atomic E-state index is -0.241. The molecule has 7 heteroatoms. The molecule has 1 aliphatic rings. The first-order chi connectivity index (χ1) is 14.1. The normalized spacial score (nSPS) is 16.1. The number of methoxy groups -OCH3 is 1. The quantitative estimate of drug-likeness (QED) is 0.392. The van der Waals surface area contributed by atoms with Gasteiger partial charge in [0.15, 0.2) is 11.0 Å². The summed E-state index contributed by atoms with van der Waals surface area (Å²) < 4.78 is 7.22. The first-order valence-corrected chi connectivity index (χ1v) is 11.2. The molecule has 1 aliphatic carbocycles. The third-order valence-electron chi connectivity index (χ3n) is 5.23. The predicted molar refractivity (Wildman–Crippen MR) is 117 cm³/mol. The van der Waals surface area contributed by atoms with E-state index >= 15 is 0 Å². The van der Waals surface area contributed by atoms with Gasteiger partial charge in [0, 0.05) is 18.2 Å². The average Bonchev–Trinajstić information content (AvgIpc) is 2.94. The van der Waals surface area contributed by atoms with Crippen LogP contribution in [0.1, 0.15) is 45.4 Å². The largest absolute Gasteiger partial charge is 0.497 e. The predicted octanol–water partition coefficient (Wildman–Crippen LogP) is 4.46. The van der Waals surface area contributed by atoms with Gasteiger partial charge in [-0.1, -0.05) is 43.5 Å². The molecule has 2 aromatic rings. The molecular formula is C22H30N4O2S. The van der Waals surface area contributed by atoms with E-state index < -0.39 is 0 Å². The lowest BCUT2D eigenvalue weighted by Gasteiger charge is -2.19. The molecule has 0 aliphatic heterocycles. The Kier molecular flexibility index (Phi) is 7.75. The van der Waals surface area contributed by atoms with Crippen LogP contribution in [-0.4, -0.2) is 39.1 Å². The highest BCUT2D eigenvalue weighted by Crippen LogP contribution is 2.28. The number of nitrogens with one attached hydrogen (secondary N) is 1. The van der Waals surface area contributed by atoms with Crippen molar-refractivity contribution in [3.05, 3.63) is 36.9 Å². The van der Waals surface area contributed by atoms with Crippen molar-refractivity contribution in [1.82, 2.24) is 20.1 Å². The molecule has 1 atom stereocenters. The molecule has 1 fully saturated rings. The van der Waals surface area contributed by atoms with E-state index in [9.17, 15) is 4.79 Å². The Bertz CT molecular complexity index is 811. The second-order valence-electron chi connectivity index (χ2n) is 7.39. The van der Waals surface area contributed by atoms with Gasteiger partial charge in [0.2, 0.25) is 5.91 Å². The van der Waals surface area contributed by atoms with E-state index in [1.165, 1.54) is 37.4 Å². The van der Waals surface area contributed by atoms with Gasteiger partial charge in [0.05, 0.1) is 12.4 Å². The molecule has 29 heavy (non-hydrogen) atoms. The van der Waals surface area contributed by atoms with Crippen LogP contribution < -0.4 is 10.1 Å². The Balaban J connectivity index is 1.71. The fourth-order valence-corrected chi connectivity index (χ4v) is 4.44. The van der Waals surface area contributed by atoms with Crippen LogP contribution in [0.15, 0.2) is 42.1 Å². The minimum Gasteiger partial charge on any atom is -0.497 e. The van der Waals surface area contributed by atoms with Gasteiger partial charge in [-0.3, -0.25) is 9.36 Å². The molecular weight excluding hydrogens is 384 g/mol. The average molecular weight is 415 g/mol. The number of allylic oxidation sites excluding steroid dienone is 1. The van der Waals surface area contributed by atoms with Crippen molar-refractivity contribution in [2.45, 2.75) is 68.4 Å². The molecule has 156 valence electrons. The van der Waals surface area contributed by atoms with Crippen LogP contribution in [0.25, 0.3) is 11.4 Å². The lowest BCUT2D eigenvalue weighted by atomic mass is 10.1. The van der Waals surface area contributed by atoms with Crippen LogP contribution in [0, 0.1) is 0 Å². The summed E-state index contributed by atoms with van der Waals surface area (Å²) >= 11 is 1.44.